The molecule has 0 aromatic heterocycles. The third kappa shape index (κ3) is 10.2. The quantitative estimate of drug-likeness (QED) is 0.307. The zero-order valence-electron chi connectivity index (χ0n) is 18.2. The summed E-state index contributed by atoms with van der Waals surface area (Å²) in [5.41, 5.74) is 0.922. The molecule has 13 heteroatoms. The van der Waals surface area contributed by atoms with E-state index < -0.39 is 43.6 Å². The normalized spacial score (nSPS) is 12.5. The fraction of sp³-hybridized carbons (Fsp3) is 0.400. The molecule has 1 atom stereocenters. The number of methoxy groups -OCH3 is 2. The zero-order valence-corrected chi connectivity index (χ0v) is 22.1. The van der Waals surface area contributed by atoms with E-state index in [1.165, 1.54) is 32.4 Å². The van der Waals surface area contributed by atoms with Gasteiger partial charge >= 0.3 is 37.7 Å². The van der Waals surface area contributed by atoms with Gasteiger partial charge in [0.15, 0.2) is 11.5 Å². The van der Waals surface area contributed by atoms with Crippen molar-refractivity contribution in [1.82, 2.24) is 0 Å². The predicted octanol–water partition coefficient (Wildman–Crippen LogP) is 0.752. The van der Waals surface area contributed by atoms with Crippen LogP contribution in [0.1, 0.15) is 17.5 Å². The molecule has 1 N–H and O–H groups in total. The molecule has 2 rings (SSSR count). The molecule has 33 heavy (non-hydrogen) atoms. The van der Waals surface area contributed by atoms with Crippen molar-refractivity contribution in [3.8, 4) is 23.0 Å². The number of rotatable bonds is 12. The van der Waals surface area contributed by atoms with Gasteiger partial charge in [-0.15, -0.1) is 0 Å². The molecule has 0 bridgehead atoms. The number of ether oxygens (including phenoxy) is 3. The second-order valence-corrected chi connectivity index (χ2v) is 10.0. The topological polar surface area (TPSA) is 162 Å². The standard InChI is InChI=1S/C20H26O10S2.Ca/c1-28-18-7-3-6-15(20(18)21)12-16(13-32(25,26)27)30-17-9-8-14(11-19(17)29-2)5-4-10-31(22,23)24;/h3,6-9,11,16,21H,4-5,10,12-13H2,1-2H3,(H,22,23,24)(H,25,26,27);/q;+2/p-2. The van der Waals surface area contributed by atoms with Crippen LogP contribution in [0.15, 0.2) is 36.4 Å². The smallest absolute Gasteiger partial charge is 0.870 e. The van der Waals surface area contributed by atoms with Crippen molar-refractivity contribution < 1.29 is 45.3 Å². The van der Waals surface area contributed by atoms with Crippen LogP contribution in [0.2, 0.25) is 0 Å². The van der Waals surface area contributed by atoms with Gasteiger partial charge in [-0.1, -0.05) is 23.9 Å². The van der Waals surface area contributed by atoms with Gasteiger partial charge in [0.25, 0.3) is 10.1 Å². The fourth-order valence-corrected chi connectivity index (χ4v) is 4.25. The Morgan fingerprint density at radius 1 is 1.00 bits per heavy atom. The van der Waals surface area contributed by atoms with Gasteiger partial charge in [0, 0.05) is 12.2 Å². The molecule has 0 amide bonds. The molecule has 0 aliphatic rings. The van der Waals surface area contributed by atoms with Gasteiger partial charge in [0.1, 0.15) is 17.6 Å². The van der Waals surface area contributed by atoms with E-state index in [0.29, 0.717) is 12.0 Å². The van der Waals surface area contributed by atoms with Gasteiger partial charge in [-0.05, 0) is 42.2 Å². The van der Waals surface area contributed by atoms with Crippen molar-refractivity contribution in [3.05, 3.63) is 47.5 Å². The largest absolute Gasteiger partial charge is 2.00 e. The Labute approximate surface area is 223 Å². The molecule has 0 saturated heterocycles. The molecule has 0 heterocycles. The first-order valence-electron chi connectivity index (χ1n) is 9.47. The van der Waals surface area contributed by atoms with E-state index in [0.717, 1.165) is 0 Å². The van der Waals surface area contributed by atoms with Crippen molar-refractivity contribution >= 4 is 58.0 Å². The maximum absolute atomic E-state index is 12.4. The van der Waals surface area contributed by atoms with Crippen LogP contribution in [0.5, 0.6) is 23.0 Å². The van der Waals surface area contributed by atoms with Crippen molar-refractivity contribution in [2.75, 3.05) is 25.7 Å². The summed E-state index contributed by atoms with van der Waals surface area (Å²) in [7, 11) is -6.04. The SMILES string of the molecule is COc1cc(CCCS(=O)(=O)[O-])ccc1OC(Cc1cccc(OC)c1[O-])CS(=O)(=O)O.[Ca+2]. The van der Waals surface area contributed by atoms with Gasteiger partial charge in [0.05, 0.1) is 24.3 Å². The summed E-state index contributed by atoms with van der Waals surface area (Å²) >= 11 is 0. The molecule has 178 valence electrons. The molecule has 0 radical (unpaired) electrons. The maximum atomic E-state index is 12.4. The first-order chi connectivity index (χ1) is 14.9. The van der Waals surface area contributed by atoms with Crippen molar-refractivity contribution in [2.45, 2.75) is 25.4 Å². The number of hydrogen-bond acceptors (Lipinski definition) is 9. The van der Waals surface area contributed by atoms with Crippen molar-refractivity contribution in [1.29, 1.82) is 0 Å². The van der Waals surface area contributed by atoms with Crippen LogP contribution in [-0.4, -0.2) is 95.5 Å². The van der Waals surface area contributed by atoms with Crippen molar-refractivity contribution in [2.24, 2.45) is 0 Å². The molecule has 0 aliphatic heterocycles. The summed E-state index contributed by atoms with van der Waals surface area (Å²) in [6.07, 6.45) is -0.809. The Kier molecular flexibility index (Phi) is 11.7. The second-order valence-electron chi connectivity index (χ2n) is 6.99. The molecule has 0 aliphatic carbocycles. The molecule has 1 unspecified atom stereocenters. The molecule has 0 fully saturated rings. The zero-order chi connectivity index (χ0) is 23.9. The van der Waals surface area contributed by atoms with Crippen LogP contribution in [0.4, 0.5) is 0 Å². The van der Waals surface area contributed by atoms with Gasteiger partial charge < -0.3 is 23.9 Å². The van der Waals surface area contributed by atoms with E-state index in [2.05, 4.69) is 0 Å². The van der Waals surface area contributed by atoms with E-state index in [1.54, 1.807) is 18.2 Å². The van der Waals surface area contributed by atoms with E-state index in [9.17, 15) is 31.0 Å². The van der Waals surface area contributed by atoms with Gasteiger partial charge in [-0.3, -0.25) is 4.55 Å². The molecule has 0 saturated carbocycles. The number of benzene rings is 2. The molecule has 0 spiro atoms. The third-order valence-corrected chi connectivity index (χ3v) is 6.09. The van der Waals surface area contributed by atoms with Crippen LogP contribution in [0.25, 0.3) is 0 Å². The fourth-order valence-electron chi connectivity index (χ4n) is 3.10. The summed E-state index contributed by atoms with van der Waals surface area (Å²) in [5, 5.41) is 12.4. The Bertz CT molecular complexity index is 1130. The first kappa shape index (κ1) is 29.8. The monoisotopic (exact) mass is 528 g/mol. The van der Waals surface area contributed by atoms with Gasteiger partial charge in [-0.25, -0.2) is 8.42 Å². The Balaban J connectivity index is 0.00000544. The summed E-state index contributed by atoms with van der Waals surface area (Å²) in [5.74, 6) is -1.19. The summed E-state index contributed by atoms with van der Waals surface area (Å²) in [6, 6.07) is 9.25. The molecule has 10 nitrogen and oxygen atoms in total. The molecular weight excluding hydrogens is 504 g/mol. The minimum atomic E-state index is -4.43. The van der Waals surface area contributed by atoms with Crippen LogP contribution < -0.4 is 19.3 Å². The van der Waals surface area contributed by atoms with Gasteiger partial charge in [0.2, 0.25) is 0 Å². The maximum Gasteiger partial charge on any atom is 2.00 e. The van der Waals surface area contributed by atoms with Crippen LogP contribution in [0, 0.1) is 0 Å². The minimum Gasteiger partial charge on any atom is -0.870 e. The second kappa shape index (κ2) is 13.0. The van der Waals surface area contributed by atoms with Crippen LogP contribution >= 0.6 is 0 Å². The van der Waals surface area contributed by atoms with E-state index in [1.807, 2.05) is 0 Å². The first-order valence-corrected chi connectivity index (χ1v) is 12.7. The summed E-state index contributed by atoms with van der Waals surface area (Å²) in [4.78, 5) is 0. The molecule has 2 aromatic rings. The molecular formula is C20H24CaO10S2. The van der Waals surface area contributed by atoms with Gasteiger partial charge in [-0.2, -0.15) is 8.42 Å². The number of hydrogen-bond donors (Lipinski definition) is 1. The minimum absolute atomic E-state index is 0. The van der Waals surface area contributed by atoms with Crippen molar-refractivity contribution in [3.63, 3.8) is 0 Å². The number of aryl methyl sites for hydroxylation is 1. The van der Waals surface area contributed by atoms with E-state index >= 15 is 0 Å². The average molecular weight is 529 g/mol. The average Bonchev–Trinajstić information content (AvgIpc) is 2.68. The Morgan fingerprint density at radius 3 is 2.24 bits per heavy atom. The van der Waals surface area contributed by atoms with E-state index in [-0.39, 0.29) is 73.4 Å². The van der Waals surface area contributed by atoms with Crippen LogP contribution in [-0.2, 0) is 33.1 Å². The van der Waals surface area contributed by atoms with Crippen LogP contribution in [0.3, 0.4) is 0 Å². The summed E-state index contributed by atoms with van der Waals surface area (Å²) < 4.78 is 80.6. The third-order valence-electron chi connectivity index (χ3n) is 4.51. The summed E-state index contributed by atoms with van der Waals surface area (Å²) in [6.45, 7) is 0. The number of para-hydroxylation sites is 1. The predicted molar refractivity (Wildman–Crippen MR) is 119 cm³/mol. The molecule has 2 aromatic carbocycles. The van der Waals surface area contributed by atoms with E-state index in [4.69, 9.17) is 14.2 Å². The Morgan fingerprint density at radius 2 is 1.67 bits per heavy atom. The Hall–Kier alpha value is -1.28.